The Kier molecular flexibility index (Phi) is 4.72. The molecule has 1 aromatic rings. The number of hydrogen-bond donors (Lipinski definition) is 1. The zero-order valence-corrected chi connectivity index (χ0v) is 13.4. The van der Waals surface area contributed by atoms with Gasteiger partial charge in [0.1, 0.15) is 5.82 Å². The SMILES string of the molecule is O=C1Nc2ncc(Br)cc2CN1CCCN1CCOCC1. The van der Waals surface area contributed by atoms with Crippen molar-refractivity contribution >= 4 is 27.8 Å². The molecule has 0 unspecified atom stereocenters. The molecule has 1 fully saturated rings. The predicted molar refractivity (Wildman–Crippen MR) is 83.2 cm³/mol. The van der Waals surface area contributed by atoms with Crippen LogP contribution in [-0.2, 0) is 11.3 Å². The average molecular weight is 355 g/mol. The van der Waals surface area contributed by atoms with Crippen molar-refractivity contribution in [2.45, 2.75) is 13.0 Å². The molecule has 114 valence electrons. The first-order valence-electron chi connectivity index (χ1n) is 7.23. The summed E-state index contributed by atoms with van der Waals surface area (Å²) in [6.07, 6.45) is 2.68. The molecule has 0 spiro atoms. The van der Waals surface area contributed by atoms with Crippen LogP contribution in [-0.4, -0.2) is 60.2 Å². The number of carbonyl (C=O) groups is 1. The molecule has 2 aliphatic heterocycles. The van der Waals surface area contributed by atoms with Gasteiger partial charge in [0.15, 0.2) is 0 Å². The molecule has 7 heteroatoms. The van der Waals surface area contributed by atoms with Crippen LogP contribution in [0.1, 0.15) is 12.0 Å². The largest absolute Gasteiger partial charge is 0.379 e. The van der Waals surface area contributed by atoms with Crippen molar-refractivity contribution < 1.29 is 9.53 Å². The Morgan fingerprint density at radius 2 is 2.14 bits per heavy atom. The number of rotatable bonds is 4. The van der Waals surface area contributed by atoms with Crippen LogP contribution in [0.4, 0.5) is 10.6 Å². The van der Waals surface area contributed by atoms with E-state index < -0.39 is 0 Å². The Labute approximate surface area is 132 Å². The third kappa shape index (κ3) is 3.72. The van der Waals surface area contributed by atoms with Crippen LogP contribution < -0.4 is 5.32 Å². The Morgan fingerprint density at radius 1 is 1.33 bits per heavy atom. The number of anilines is 1. The summed E-state index contributed by atoms with van der Waals surface area (Å²) < 4.78 is 6.27. The van der Waals surface area contributed by atoms with Gasteiger partial charge in [-0.2, -0.15) is 0 Å². The maximum atomic E-state index is 12.1. The number of fused-ring (bicyclic) bond motifs is 1. The molecule has 1 saturated heterocycles. The molecule has 6 nitrogen and oxygen atoms in total. The summed E-state index contributed by atoms with van der Waals surface area (Å²) in [6, 6.07) is 1.95. The molecule has 0 radical (unpaired) electrons. The number of morpholine rings is 1. The molecule has 2 aliphatic rings. The van der Waals surface area contributed by atoms with Gasteiger partial charge in [0.2, 0.25) is 0 Å². The molecule has 0 aliphatic carbocycles. The third-order valence-corrected chi connectivity index (χ3v) is 4.25. The van der Waals surface area contributed by atoms with Gasteiger partial charge < -0.3 is 9.64 Å². The molecule has 2 amide bonds. The molecule has 1 N–H and O–H groups in total. The first kappa shape index (κ1) is 14.7. The monoisotopic (exact) mass is 354 g/mol. The molecule has 0 bridgehead atoms. The highest BCUT2D eigenvalue weighted by Crippen LogP contribution is 2.24. The van der Waals surface area contributed by atoms with Gasteiger partial charge in [0, 0.05) is 42.4 Å². The molecule has 0 atom stereocenters. The second-order valence-corrected chi connectivity index (χ2v) is 6.24. The van der Waals surface area contributed by atoms with Gasteiger partial charge in [0.05, 0.1) is 19.8 Å². The standard InChI is InChI=1S/C14H19BrN4O2/c15-12-8-11-10-19(14(20)17-13(11)16-9-12)3-1-2-18-4-6-21-7-5-18/h8-9H,1-7,10H2,(H,16,17,20). The van der Waals surface area contributed by atoms with E-state index in [1.54, 1.807) is 6.20 Å². The number of hydrogen-bond acceptors (Lipinski definition) is 4. The summed E-state index contributed by atoms with van der Waals surface area (Å²) in [6.45, 7) is 6.01. The van der Waals surface area contributed by atoms with Gasteiger partial charge in [-0.15, -0.1) is 0 Å². The van der Waals surface area contributed by atoms with Crippen LogP contribution in [0.3, 0.4) is 0 Å². The molecule has 3 heterocycles. The van der Waals surface area contributed by atoms with Crippen LogP contribution in [0.15, 0.2) is 16.7 Å². The number of carbonyl (C=O) groups excluding carboxylic acids is 1. The number of nitrogens with one attached hydrogen (secondary N) is 1. The summed E-state index contributed by atoms with van der Waals surface area (Å²) in [5.74, 6) is 0.674. The lowest BCUT2D eigenvalue weighted by Crippen LogP contribution is -2.42. The highest BCUT2D eigenvalue weighted by molar-refractivity contribution is 9.10. The Bertz CT molecular complexity index is 520. The summed E-state index contributed by atoms with van der Waals surface area (Å²) >= 11 is 3.42. The van der Waals surface area contributed by atoms with Crippen LogP contribution in [0.2, 0.25) is 0 Å². The van der Waals surface area contributed by atoms with Crippen molar-refractivity contribution in [3.8, 4) is 0 Å². The molecule has 3 rings (SSSR count). The van der Waals surface area contributed by atoms with Gasteiger partial charge in [-0.05, 0) is 28.4 Å². The second-order valence-electron chi connectivity index (χ2n) is 5.32. The van der Waals surface area contributed by atoms with Crippen LogP contribution in [0.5, 0.6) is 0 Å². The zero-order chi connectivity index (χ0) is 14.7. The smallest absolute Gasteiger partial charge is 0.323 e. The van der Waals surface area contributed by atoms with Gasteiger partial charge in [-0.3, -0.25) is 10.2 Å². The minimum atomic E-state index is -0.0562. The van der Waals surface area contributed by atoms with E-state index in [0.29, 0.717) is 12.4 Å². The number of urea groups is 1. The number of nitrogens with zero attached hydrogens (tertiary/aromatic N) is 3. The summed E-state index contributed by atoms with van der Waals surface area (Å²) in [7, 11) is 0. The molecular weight excluding hydrogens is 336 g/mol. The Balaban J connectivity index is 1.52. The molecule has 0 aromatic carbocycles. The predicted octanol–water partition coefficient (Wildman–Crippen LogP) is 1.91. The lowest BCUT2D eigenvalue weighted by Gasteiger charge is -2.30. The van der Waals surface area contributed by atoms with E-state index in [1.165, 1.54) is 0 Å². The van der Waals surface area contributed by atoms with Gasteiger partial charge >= 0.3 is 6.03 Å². The number of aromatic nitrogens is 1. The fourth-order valence-corrected chi connectivity index (χ4v) is 3.04. The van der Waals surface area contributed by atoms with Crippen LogP contribution >= 0.6 is 15.9 Å². The van der Waals surface area contributed by atoms with Gasteiger partial charge in [-0.1, -0.05) is 0 Å². The highest BCUT2D eigenvalue weighted by atomic mass is 79.9. The van der Waals surface area contributed by atoms with E-state index in [4.69, 9.17) is 4.74 Å². The topological polar surface area (TPSA) is 57.7 Å². The highest BCUT2D eigenvalue weighted by Gasteiger charge is 2.23. The summed E-state index contributed by atoms with van der Waals surface area (Å²) in [5, 5.41) is 2.85. The number of amides is 2. The lowest BCUT2D eigenvalue weighted by atomic mass is 10.2. The molecule has 21 heavy (non-hydrogen) atoms. The fraction of sp³-hybridized carbons (Fsp3) is 0.571. The normalized spacial score (nSPS) is 19.3. The van der Waals surface area contributed by atoms with Crippen molar-refractivity contribution in [1.82, 2.24) is 14.8 Å². The first-order chi connectivity index (χ1) is 10.2. The van der Waals surface area contributed by atoms with E-state index in [2.05, 4.69) is 31.1 Å². The van der Waals surface area contributed by atoms with Crippen molar-refractivity contribution in [3.05, 3.63) is 22.3 Å². The molecule has 1 aromatic heterocycles. The third-order valence-electron chi connectivity index (χ3n) is 3.81. The van der Waals surface area contributed by atoms with E-state index >= 15 is 0 Å². The van der Waals surface area contributed by atoms with Crippen LogP contribution in [0.25, 0.3) is 0 Å². The molecule has 0 saturated carbocycles. The number of ether oxygens (including phenoxy) is 1. The van der Waals surface area contributed by atoms with Crippen molar-refractivity contribution in [3.63, 3.8) is 0 Å². The van der Waals surface area contributed by atoms with Crippen molar-refractivity contribution in [2.24, 2.45) is 0 Å². The number of halogens is 1. The van der Waals surface area contributed by atoms with Crippen LogP contribution in [0, 0.1) is 0 Å². The quantitative estimate of drug-likeness (QED) is 0.897. The number of pyridine rings is 1. The van der Waals surface area contributed by atoms with E-state index in [9.17, 15) is 4.79 Å². The lowest BCUT2D eigenvalue weighted by molar-refractivity contribution is 0.0365. The Morgan fingerprint density at radius 3 is 2.95 bits per heavy atom. The maximum absolute atomic E-state index is 12.1. The van der Waals surface area contributed by atoms with Gasteiger partial charge in [-0.25, -0.2) is 9.78 Å². The van der Waals surface area contributed by atoms with Gasteiger partial charge in [0.25, 0.3) is 0 Å². The van der Waals surface area contributed by atoms with Crippen molar-refractivity contribution in [2.75, 3.05) is 44.7 Å². The van der Waals surface area contributed by atoms with E-state index in [-0.39, 0.29) is 6.03 Å². The van der Waals surface area contributed by atoms with E-state index in [0.717, 1.165) is 55.8 Å². The molecular formula is C14H19BrN4O2. The summed E-state index contributed by atoms with van der Waals surface area (Å²) in [5.41, 5.74) is 1.05. The minimum absolute atomic E-state index is 0.0562. The maximum Gasteiger partial charge on any atom is 0.323 e. The summed E-state index contributed by atoms with van der Waals surface area (Å²) in [4.78, 5) is 20.5. The fourth-order valence-electron chi connectivity index (χ4n) is 2.66. The zero-order valence-electron chi connectivity index (χ0n) is 11.8. The van der Waals surface area contributed by atoms with Crippen molar-refractivity contribution in [1.29, 1.82) is 0 Å². The average Bonchev–Trinajstić information content (AvgIpc) is 2.49. The second kappa shape index (κ2) is 6.72. The minimum Gasteiger partial charge on any atom is -0.379 e. The van der Waals surface area contributed by atoms with E-state index in [1.807, 2.05) is 11.0 Å². The first-order valence-corrected chi connectivity index (χ1v) is 8.02. The Hall–Kier alpha value is -1.18.